The van der Waals surface area contributed by atoms with E-state index in [0.717, 1.165) is 41.0 Å². The molecule has 0 saturated carbocycles. The van der Waals surface area contributed by atoms with Crippen molar-refractivity contribution in [2.75, 3.05) is 6.61 Å². The summed E-state index contributed by atoms with van der Waals surface area (Å²) >= 11 is 0. The van der Waals surface area contributed by atoms with E-state index in [9.17, 15) is 5.11 Å². The maximum Gasteiger partial charge on any atom is 0.123 e. The van der Waals surface area contributed by atoms with Crippen LogP contribution in [0.2, 0.25) is 0 Å². The van der Waals surface area contributed by atoms with Crippen LogP contribution >= 0.6 is 0 Å². The Labute approximate surface area is 161 Å². The van der Waals surface area contributed by atoms with E-state index in [0.29, 0.717) is 12.5 Å². The molecule has 1 atom stereocenters. The molecule has 4 nitrogen and oxygen atoms in total. The van der Waals surface area contributed by atoms with Gasteiger partial charge in [-0.1, -0.05) is 45.0 Å². The fourth-order valence-electron chi connectivity index (χ4n) is 3.44. The Hall–Kier alpha value is -2.33. The maximum atomic E-state index is 10.7. The summed E-state index contributed by atoms with van der Waals surface area (Å²) in [5.74, 6) is 2.27. The molecule has 1 N–H and O–H groups in total. The average molecular weight is 367 g/mol. The predicted molar refractivity (Wildman–Crippen MR) is 110 cm³/mol. The van der Waals surface area contributed by atoms with Crippen LogP contribution in [0.3, 0.4) is 0 Å². The second kappa shape index (κ2) is 8.57. The van der Waals surface area contributed by atoms with Crippen molar-refractivity contribution in [2.45, 2.75) is 59.1 Å². The van der Waals surface area contributed by atoms with Gasteiger partial charge in [0.2, 0.25) is 0 Å². The van der Waals surface area contributed by atoms with Crippen LogP contribution in [0, 0.1) is 6.92 Å². The number of para-hydroxylation sites is 2. The minimum atomic E-state index is -0.598. The fourth-order valence-corrected chi connectivity index (χ4v) is 3.44. The fraction of sp³-hybridized carbons (Fsp3) is 0.435. The van der Waals surface area contributed by atoms with Crippen molar-refractivity contribution >= 4 is 11.0 Å². The highest BCUT2D eigenvalue weighted by Gasteiger charge is 2.15. The molecular weight excluding hydrogens is 336 g/mol. The second-order valence-electron chi connectivity index (χ2n) is 7.54. The van der Waals surface area contributed by atoms with Gasteiger partial charge in [-0.05, 0) is 48.6 Å². The molecule has 2 aromatic carbocycles. The molecule has 3 aromatic rings. The molecule has 27 heavy (non-hydrogen) atoms. The third-order valence-corrected chi connectivity index (χ3v) is 4.82. The zero-order valence-electron chi connectivity index (χ0n) is 16.8. The lowest BCUT2D eigenvalue weighted by molar-refractivity contribution is 0.0921. The van der Waals surface area contributed by atoms with Crippen LogP contribution in [-0.2, 0) is 13.0 Å². The molecule has 1 aromatic heterocycles. The number of imidazole rings is 1. The number of hydrogen-bond acceptors (Lipinski definition) is 3. The maximum absolute atomic E-state index is 10.7. The Morgan fingerprint density at radius 3 is 2.67 bits per heavy atom. The van der Waals surface area contributed by atoms with Crippen LogP contribution in [0.25, 0.3) is 11.0 Å². The molecule has 1 unspecified atom stereocenters. The summed E-state index contributed by atoms with van der Waals surface area (Å²) in [7, 11) is 0. The molecule has 0 radical (unpaired) electrons. The Morgan fingerprint density at radius 1 is 1.15 bits per heavy atom. The zero-order chi connectivity index (χ0) is 19.4. The molecule has 0 bridgehead atoms. The molecule has 0 fully saturated rings. The first kappa shape index (κ1) is 19.4. The van der Waals surface area contributed by atoms with Gasteiger partial charge in [0.25, 0.3) is 0 Å². The lowest BCUT2D eigenvalue weighted by Gasteiger charge is -2.18. The Kier molecular flexibility index (Phi) is 6.17. The van der Waals surface area contributed by atoms with Gasteiger partial charge in [-0.25, -0.2) is 4.98 Å². The minimum absolute atomic E-state index is 0.265. The van der Waals surface area contributed by atoms with Crippen LogP contribution < -0.4 is 4.74 Å². The van der Waals surface area contributed by atoms with Crippen LogP contribution in [0.5, 0.6) is 5.75 Å². The van der Waals surface area contributed by atoms with Gasteiger partial charge in [0, 0.05) is 6.42 Å². The van der Waals surface area contributed by atoms with Crippen LogP contribution in [0.1, 0.15) is 50.1 Å². The first-order valence-electron chi connectivity index (χ1n) is 9.85. The molecule has 0 aliphatic heterocycles. The smallest absolute Gasteiger partial charge is 0.123 e. The van der Waals surface area contributed by atoms with Crippen LogP contribution in [-0.4, -0.2) is 27.4 Å². The molecular formula is C23H30N2O2. The minimum Gasteiger partial charge on any atom is -0.491 e. The number of aliphatic hydroxyl groups excluding tert-OH is 1. The van der Waals surface area contributed by atoms with Crippen molar-refractivity contribution < 1.29 is 9.84 Å². The van der Waals surface area contributed by atoms with Gasteiger partial charge in [-0.2, -0.15) is 0 Å². The molecule has 0 amide bonds. The van der Waals surface area contributed by atoms with E-state index < -0.39 is 6.10 Å². The van der Waals surface area contributed by atoms with Crippen molar-refractivity contribution in [3.05, 3.63) is 59.4 Å². The van der Waals surface area contributed by atoms with E-state index in [-0.39, 0.29) is 6.61 Å². The summed E-state index contributed by atoms with van der Waals surface area (Å²) in [5, 5.41) is 10.7. The normalized spacial score (nSPS) is 12.7. The van der Waals surface area contributed by atoms with Gasteiger partial charge in [0.1, 0.15) is 24.3 Å². The largest absolute Gasteiger partial charge is 0.491 e. The molecule has 144 valence electrons. The van der Waals surface area contributed by atoms with E-state index in [1.165, 1.54) is 5.56 Å². The quantitative estimate of drug-likeness (QED) is 0.619. The first-order chi connectivity index (χ1) is 13.0. The van der Waals surface area contributed by atoms with E-state index in [4.69, 9.17) is 9.72 Å². The van der Waals surface area contributed by atoms with Crippen LogP contribution in [0.4, 0.5) is 0 Å². The topological polar surface area (TPSA) is 47.3 Å². The SMILES string of the molecule is CCCc1nc2ccccc2n1CC(O)COc1cc(C)ccc1C(C)C. The number of ether oxygens (including phenoxy) is 1. The molecule has 0 aliphatic carbocycles. The van der Waals surface area contributed by atoms with Crippen molar-refractivity contribution in [1.29, 1.82) is 0 Å². The monoisotopic (exact) mass is 366 g/mol. The zero-order valence-corrected chi connectivity index (χ0v) is 16.8. The number of benzene rings is 2. The van der Waals surface area contributed by atoms with Crippen molar-refractivity contribution in [1.82, 2.24) is 9.55 Å². The van der Waals surface area contributed by atoms with Gasteiger partial charge in [0.05, 0.1) is 17.6 Å². The van der Waals surface area contributed by atoms with Crippen molar-refractivity contribution in [2.24, 2.45) is 0 Å². The number of aryl methyl sites for hydroxylation is 2. The molecule has 0 aliphatic rings. The van der Waals surface area contributed by atoms with Gasteiger partial charge in [0.15, 0.2) is 0 Å². The summed E-state index contributed by atoms with van der Waals surface area (Å²) in [6.45, 7) is 9.27. The third-order valence-electron chi connectivity index (χ3n) is 4.82. The number of aliphatic hydroxyl groups is 1. The summed E-state index contributed by atoms with van der Waals surface area (Å²) in [6, 6.07) is 14.4. The number of nitrogens with zero attached hydrogens (tertiary/aromatic N) is 2. The summed E-state index contributed by atoms with van der Waals surface area (Å²) in [5.41, 5.74) is 4.38. The van der Waals surface area contributed by atoms with E-state index in [1.807, 2.05) is 18.2 Å². The van der Waals surface area contributed by atoms with Gasteiger partial charge >= 0.3 is 0 Å². The molecule has 0 saturated heterocycles. The van der Waals surface area contributed by atoms with Crippen LogP contribution in [0.15, 0.2) is 42.5 Å². The lowest BCUT2D eigenvalue weighted by Crippen LogP contribution is -2.25. The number of hydrogen-bond donors (Lipinski definition) is 1. The summed E-state index contributed by atoms with van der Waals surface area (Å²) in [4.78, 5) is 4.73. The molecule has 0 spiro atoms. The van der Waals surface area contributed by atoms with Crippen molar-refractivity contribution in [3.63, 3.8) is 0 Å². The summed E-state index contributed by atoms with van der Waals surface area (Å²) in [6.07, 6.45) is 1.33. The highest BCUT2D eigenvalue weighted by molar-refractivity contribution is 5.75. The third kappa shape index (κ3) is 4.51. The number of aromatic nitrogens is 2. The lowest BCUT2D eigenvalue weighted by atomic mass is 10.0. The van der Waals surface area contributed by atoms with Gasteiger partial charge in [-0.15, -0.1) is 0 Å². The van der Waals surface area contributed by atoms with E-state index in [2.05, 4.69) is 56.5 Å². The highest BCUT2D eigenvalue weighted by atomic mass is 16.5. The van der Waals surface area contributed by atoms with Gasteiger partial charge in [-0.3, -0.25) is 0 Å². The standard InChI is InChI=1S/C23H30N2O2/c1-5-8-23-24-20-9-6-7-10-21(20)25(23)14-18(26)15-27-22-13-17(4)11-12-19(22)16(2)3/h6-7,9-13,16,18,26H,5,8,14-15H2,1-4H3. The van der Waals surface area contributed by atoms with Gasteiger partial charge < -0.3 is 14.4 Å². The molecule has 3 rings (SSSR count). The number of fused-ring (bicyclic) bond motifs is 1. The second-order valence-corrected chi connectivity index (χ2v) is 7.54. The summed E-state index contributed by atoms with van der Waals surface area (Å²) < 4.78 is 8.15. The Balaban J connectivity index is 1.75. The predicted octanol–water partition coefficient (Wildman–Crippen LogP) is 4.86. The van der Waals surface area contributed by atoms with E-state index in [1.54, 1.807) is 0 Å². The van der Waals surface area contributed by atoms with E-state index >= 15 is 0 Å². The van der Waals surface area contributed by atoms with Crippen molar-refractivity contribution in [3.8, 4) is 5.75 Å². The first-order valence-corrected chi connectivity index (χ1v) is 9.85. The molecule has 1 heterocycles. The molecule has 4 heteroatoms. The Morgan fingerprint density at radius 2 is 1.93 bits per heavy atom. The highest BCUT2D eigenvalue weighted by Crippen LogP contribution is 2.27. The average Bonchev–Trinajstić information content (AvgIpc) is 2.97. The number of rotatable bonds is 8. The Bertz CT molecular complexity index is 899.